The minimum Gasteiger partial charge on any atom is -0.486 e. The van der Waals surface area contributed by atoms with Crippen molar-refractivity contribution in [2.75, 3.05) is 24.7 Å². The van der Waals surface area contributed by atoms with Gasteiger partial charge in [0.1, 0.15) is 23.9 Å². The van der Waals surface area contributed by atoms with E-state index in [0.717, 1.165) is 0 Å². The van der Waals surface area contributed by atoms with E-state index < -0.39 is 32.4 Å². The second kappa shape index (κ2) is 8.72. The molecule has 5 rings (SSSR count). The highest BCUT2D eigenvalue weighted by Crippen LogP contribution is 2.48. The van der Waals surface area contributed by atoms with Gasteiger partial charge in [-0.1, -0.05) is 0 Å². The Hall–Kier alpha value is -3.67. The number of pyridine rings is 1. The van der Waals surface area contributed by atoms with Crippen LogP contribution in [0.25, 0.3) is 5.52 Å². The molecule has 0 radical (unpaired) electrons. The van der Waals surface area contributed by atoms with Gasteiger partial charge in [-0.15, -0.1) is 0 Å². The summed E-state index contributed by atoms with van der Waals surface area (Å²) in [4.78, 5) is 26.3. The summed E-state index contributed by atoms with van der Waals surface area (Å²) in [6, 6.07) is 2.03. The molecule has 0 spiro atoms. The number of hydrogen-bond acceptors (Lipinski definition) is 8. The summed E-state index contributed by atoms with van der Waals surface area (Å²) in [5.74, 6) is -0.802. The molecule has 1 aromatic carbocycles. The molecule has 4 heterocycles. The van der Waals surface area contributed by atoms with Crippen molar-refractivity contribution in [1.82, 2.24) is 9.61 Å². The van der Waals surface area contributed by atoms with Gasteiger partial charge >= 0.3 is 0 Å². The number of benzene rings is 1. The maximum atomic E-state index is 14.7. The van der Waals surface area contributed by atoms with Gasteiger partial charge in [0, 0.05) is 24.4 Å². The number of aldehydes is 1. The first-order valence-corrected chi connectivity index (χ1v) is 13.3. The fourth-order valence-electron chi connectivity index (χ4n) is 5.02. The Balaban J connectivity index is 1.84. The summed E-state index contributed by atoms with van der Waals surface area (Å²) in [6.45, 7) is 5.56. The molecule has 2 aromatic heterocycles. The number of halogens is 1. The molecule has 0 bridgehead atoms. The van der Waals surface area contributed by atoms with Crippen molar-refractivity contribution in [3.05, 3.63) is 47.0 Å². The monoisotopic (exact) mass is 530 g/mol. The van der Waals surface area contributed by atoms with E-state index in [4.69, 9.17) is 15.2 Å². The van der Waals surface area contributed by atoms with E-state index in [9.17, 15) is 22.4 Å². The minimum atomic E-state index is -4.05. The molecule has 0 aliphatic carbocycles. The Labute approximate surface area is 213 Å². The number of primary amides is 1. The molecule has 1 saturated heterocycles. The molecule has 1 amide bonds. The lowest BCUT2D eigenvalue weighted by molar-refractivity contribution is 0.100. The molecule has 12 heteroatoms. The molecule has 1 fully saturated rings. The zero-order valence-electron chi connectivity index (χ0n) is 20.7. The number of nitrogens with zero attached hydrogens (tertiary/aromatic N) is 3. The zero-order chi connectivity index (χ0) is 26.7. The number of rotatable bonds is 5. The van der Waals surface area contributed by atoms with Crippen molar-refractivity contribution >= 4 is 33.2 Å². The highest BCUT2D eigenvalue weighted by molar-refractivity contribution is 7.93. The van der Waals surface area contributed by atoms with Gasteiger partial charge in [-0.2, -0.15) is 5.10 Å². The summed E-state index contributed by atoms with van der Waals surface area (Å²) >= 11 is 0. The molecule has 3 aromatic rings. The zero-order valence-corrected chi connectivity index (χ0v) is 21.5. The fourth-order valence-corrected chi connectivity index (χ4v) is 6.39. The second-order valence-electron chi connectivity index (χ2n) is 10.1. The van der Waals surface area contributed by atoms with Crippen LogP contribution in [0.15, 0.2) is 29.4 Å². The lowest BCUT2D eigenvalue weighted by Gasteiger charge is -2.34. The van der Waals surface area contributed by atoms with Crippen molar-refractivity contribution < 1.29 is 31.9 Å². The van der Waals surface area contributed by atoms with Gasteiger partial charge in [-0.3, -0.25) is 9.59 Å². The third kappa shape index (κ3) is 3.90. The topological polar surface area (TPSA) is 133 Å². The highest BCUT2D eigenvalue weighted by atomic mass is 32.2. The lowest BCUT2D eigenvalue weighted by Crippen LogP contribution is -2.34. The van der Waals surface area contributed by atoms with Crippen LogP contribution >= 0.6 is 0 Å². The van der Waals surface area contributed by atoms with Crippen molar-refractivity contribution in [2.45, 2.75) is 49.3 Å². The van der Waals surface area contributed by atoms with Crippen molar-refractivity contribution in [3.8, 4) is 11.5 Å². The normalized spacial score (nSPS) is 17.8. The smallest absolute Gasteiger partial charge is 0.253 e. The Morgan fingerprint density at radius 1 is 1.24 bits per heavy atom. The molecule has 0 unspecified atom stereocenters. The number of anilines is 1. The van der Waals surface area contributed by atoms with Crippen molar-refractivity contribution in [2.24, 2.45) is 5.73 Å². The van der Waals surface area contributed by atoms with E-state index in [1.165, 1.54) is 29.0 Å². The second-order valence-corrected chi connectivity index (χ2v) is 12.8. The SMILES string of the molecule is CC(C)(C)S(=O)(=O)c1cn2ncc(C=O)c2c(C(N)=O)c1N1CCC[C@@H]1c1cc(F)cc2c1OCCO2. The molecule has 37 heavy (non-hydrogen) atoms. The maximum absolute atomic E-state index is 14.7. The minimum absolute atomic E-state index is 0.0655. The van der Waals surface area contributed by atoms with E-state index in [2.05, 4.69) is 5.10 Å². The molecule has 2 N–H and O–H groups in total. The standard InChI is InChI=1S/C25H27FN4O6S/c1-25(2,3)37(33,34)19-12-30-21(14(13-31)11-28-30)20(24(27)32)22(19)29-6-4-5-17(29)16-9-15(26)10-18-23(16)36-8-7-35-18/h9-13,17H,4-8H2,1-3H3,(H2,27,32)/t17-/m1/s1. The number of aromatic nitrogens is 2. The van der Waals surface area contributed by atoms with Crippen LogP contribution < -0.4 is 20.1 Å². The molecular formula is C25H27FN4O6S. The molecular weight excluding hydrogens is 503 g/mol. The van der Waals surface area contributed by atoms with Gasteiger partial charge < -0.3 is 20.1 Å². The third-order valence-electron chi connectivity index (χ3n) is 6.77. The average Bonchev–Trinajstić information content (AvgIpc) is 3.48. The fraction of sp³-hybridized carbons (Fsp3) is 0.400. The molecule has 2 aliphatic rings. The van der Waals surface area contributed by atoms with Crippen LogP contribution in [0.2, 0.25) is 0 Å². The number of ether oxygens (including phenoxy) is 2. The first-order chi connectivity index (χ1) is 17.5. The molecule has 1 atom stereocenters. The molecule has 2 aliphatic heterocycles. The summed E-state index contributed by atoms with van der Waals surface area (Å²) in [5, 5.41) is 4.11. The maximum Gasteiger partial charge on any atom is 0.253 e. The van der Waals surface area contributed by atoms with E-state index in [1.54, 1.807) is 25.7 Å². The molecule has 0 saturated carbocycles. The van der Waals surface area contributed by atoms with Crippen LogP contribution in [0.5, 0.6) is 11.5 Å². The van der Waals surface area contributed by atoms with Crippen molar-refractivity contribution in [1.29, 1.82) is 0 Å². The lowest BCUT2D eigenvalue weighted by atomic mass is 10.0. The van der Waals surface area contributed by atoms with Crippen LogP contribution in [0, 0.1) is 5.82 Å². The summed E-state index contributed by atoms with van der Waals surface area (Å²) in [6.07, 6.45) is 4.24. The van der Waals surface area contributed by atoms with Gasteiger partial charge in [0.25, 0.3) is 5.91 Å². The predicted octanol–water partition coefficient (Wildman–Crippen LogP) is 3.07. The number of sulfone groups is 1. The average molecular weight is 531 g/mol. The first-order valence-electron chi connectivity index (χ1n) is 11.9. The number of hydrogen-bond donors (Lipinski definition) is 1. The first kappa shape index (κ1) is 25.0. The largest absolute Gasteiger partial charge is 0.486 e. The van der Waals surface area contributed by atoms with Crippen LogP contribution in [-0.4, -0.2) is 54.7 Å². The van der Waals surface area contributed by atoms with Gasteiger partial charge in [0.2, 0.25) is 0 Å². The Morgan fingerprint density at radius 3 is 2.65 bits per heavy atom. The number of nitrogens with two attached hydrogens (primary N) is 1. The van der Waals surface area contributed by atoms with Gasteiger partial charge in [0.05, 0.1) is 39.3 Å². The van der Waals surface area contributed by atoms with Gasteiger partial charge in [-0.25, -0.2) is 17.3 Å². The summed E-state index contributed by atoms with van der Waals surface area (Å²) in [5.41, 5.74) is 6.45. The van der Waals surface area contributed by atoms with E-state index in [1.807, 2.05) is 0 Å². The quantitative estimate of drug-likeness (QED) is 0.498. The Bertz CT molecular complexity index is 1540. The van der Waals surface area contributed by atoms with Gasteiger partial charge in [-0.05, 0) is 39.7 Å². The predicted molar refractivity (Wildman–Crippen MR) is 133 cm³/mol. The summed E-state index contributed by atoms with van der Waals surface area (Å²) < 4.78 is 53.8. The third-order valence-corrected chi connectivity index (χ3v) is 9.26. The number of amides is 1. The van der Waals surface area contributed by atoms with E-state index in [0.29, 0.717) is 37.0 Å². The Kier molecular flexibility index (Phi) is 5.89. The van der Waals surface area contributed by atoms with Gasteiger partial charge in [0.15, 0.2) is 27.6 Å². The van der Waals surface area contributed by atoms with Crippen LogP contribution in [0.1, 0.15) is 65.9 Å². The molecule has 10 nitrogen and oxygen atoms in total. The van der Waals surface area contributed by atoms with Crippen LogP contribution in [0.4, 0.5) is 10.1 Å². The molecule has 196 valence electrons. The van der Waals surface area contributed by atoms with Crippen molar-refractivity contribution in [3.63, 3.8) is 0 Å². The number of carbonyl (C=O) groups excluding carboxylic acids is 2. The van der Waals surface area contributed by atoms with E-state index in [-0.39, 0.29) is 46.2 Å². The summed E-state index contributed by atoms with van der Waals surface area (Å²) in [7, 11) is -4.05. The number of carbonyl (C=O) groups is 2. The highest BCUT2D eigenvalue weighted by Gasteiger charge is 2.41. The van der Waals surface area contributed by atoms with E-state index >= 15 is 0 Å². The number of fused-ring (bicyclic) bond motifs is 2. The van der Waals surface area contributed by atoms with Crippen LogP contribution in [-0.2, 0) is 9.84 Å². The Morgan fingerprint density at radius 2 is 1.97 bits per heavy atom. The van der Waals surface area contributed by atoms with Crippen LogP contribution in [0.3, 0.4) is 0 Å².